The molecule has 0 saturated heterocycles. The van der Waals surface area contributed by atoms with E-state index in [1.165, 1.54) is 20.2 Å². The van der Waals surface area contributed by atoms with Crippen molar-refractivity contribution in [1.29, 1.82) is 0 Å². The molecule has 1 saturated carbocycles. The van der Waals surface area contributed by atoms with E-state index in [0.717, 1.165) is 24.0 Å². The number of nitrogens with one attached hydrogen (secondary N) is 4. The van der Waals surface area contributed by atoms with E-state index in [-0.39, 0.29) is 46.2 Å². The molecule has 4 N–H and O–H groups in total. The molecule has 0 atom stereocenters. The Bertz CT molecular complexity index is 1550. The number of rotatable bonds is 9. The van der Waals surface area contributed by atoms with Crippen molar-refractivity contribution in [1.82, 2.24) is 20.5 Å². The van der Waals surface area contributed by atoms with E-state index in [2.05, 4.69) is 36.4 Å². The van der Waals surface area contributed by atoms with Crippen molar-refractivity contribution in [3.8, 4) is 16.9 Å². The first kappa shape index (κ1) is 26.3. The van der Waals surface area contributed by atoms with Gasteiger partial charge in [0.1, 0.15) is 0 Å². The maximum atomic E-state index is 13.3. The van der Waals surface area contributed by atoms with Gasteiger partial charge in [0.05, 0.1) is 24.0 Å². The van der Waals surface area contributed by atoms with Gasteiger partial charge in [0.25, 0.3) is 11.8 Å². The maximum Gasteiger partial charge on any atom is 0.273 e. The monoisotopic (exact) mass is 537 g/mol. The lowest BCUT2D eigenvalue weighted by Crippen LogP contribution is -2.22. The Morgan fingerprint density at radius 1 is 0.875 bits per heavy atom. The van der Waals surface area contributed by atoms with Crippen molar-refractivity contribution in [3.63, 3.8) is 0 Å². The van der Waals surface area contributed by atoms with Crippen molar-refractivity contribution < 1.29 is 19.1 Å². The van der Waals surface area contributed by atoms with Crippen molar-refractivity contribution in [3.05, 3.63) is 84.3 Å². The maximum absolute atomic E-state index is 13.3. The van der Waals surface area contributed by atoms with Gasteiger partial charge < -0.3 is 26.0 Å². The lowest BCUT2D eigenvalue weighted by atomic mass is 10.1. The quantitative estimate of drug-likeness (QED) is 0.248. The SMILES string of the molecule is CNC(=O)c1nnc(NC(=O)C2CC2)cc1Nc1cccc(C(=O)Nc2ccc(-c3cccnc3)cc2)c1OC. The molecule has 1 fully saturated rings. The number of hydrogen-bond donors (Lipinski definition) is 4. The molecule has 0 bridgehead atoms. The third kappa shape index (κ3) is 5.88. The van der Waals surface area contributed by atoms with Crippen molar-refractivity contribution >= 4 is 40.6 Å². The molecule has 11 heteroatoms. The summed E-state index contributed by atoms with van der Waals surface area (Å²) in [6, 6.07) is 17.8. The predicted octanol–water partition coefficient (Wildman–Crippen LogP) is 4.25. The number of amides is 3. The Hall–Kier alpha value is -5.32. The summed E-state index contributed by atoms with van der Waals surface area (Å²) in [7, 11) is 2.93. The molecule has 1 aliphatic carbocycles. The number of carbonyl (C=O) groups is 3. The summed E-state index contributed by atoms with van der Waals surface area (Å²) < 4.78 is 5.61. The normalized spacial score (nSPS) is 12.2. The van der Waals surface area contributed by atoms with Crippen LogP contribution in [0, 0.1) is 5.92 Å². The molecule has 4 aromatic rings. The van der Waals surface area contributed by atoms with E-state index in [1.807, 2.05) is 36.4 Å². The second kappa shape index (κ2) is 11.6. The number of benzene rings is 2. The minimum absolute atomic E-state index is 0.0116. The highest BCUT2D eigenvalue weighted by Gasteiger charge is 2.30. The van der Waals surface area contributed by atoms with E-state index >= 15 is 0 Å². The molecule has 202 valence electrons. The van der Waals surface area contributed by atoms with Crippen LogP contribution < -0.4 is 26.0 Å². The number of ether oxygens (including phenoxy) is 1. The summed E-state index contributed by atoms with van der Waals surface area (Å²) in [6.45, 7) is 0. The molecule has 0 spiro atoms. The first-order chi connectivity index (χ1) is 19.5. The molecule has 2 aromatic heterocycles. The van der Waals surface area contributed by atoms with Crippen molar-refractivity contribution in [2.45, 2.75) is 12.8 Å². The number of anilines is 4. The van der Waals surface area contributed by atoms with Crippen LogP contribution in [0.15, 0.2) is 73.1 Å². The van der Waals surface area contributed by atoms with Crippen LogP contribution in [-0.2, 0) is 4.79 Å². The van der Waals surface area contributed by atoms with Crippen LogP contribution in [0.1, 0.15) is 33.7 Å². The number of carbonyl (C=O) groups excluding carboxylic acids is 3. The van der Waals surface area contributed by atoms with Gasteiger partial charge >= 0.3 is 0 Å². The summed E-state index contributed by atoms with van der Waals surface area (Å²) in [4.78, 5) is 42.1. The summed E-state index contributed by atoms with van der Waals surface area (Å²) in [6.07, 6.45) is 5.16. The summed E-state index contributed by atoms with van der Waals surface area (Å²) in [5.41, 5.74) is 3.53. The number of pyridine rings is 1. The largest absolute Gasteiger partial charge is 0.494 e. The number of methoxy groups -OCH3 is 1. The van der Waals surface area contributed by atoms with Crippen LogP contribution in [0.4, 0.5) is 22.9 Å². The summed E-state index contributed by atoms with van der Waals surface area (Å²) >= 11 is 0. The second-order valence-corrected chi connectivity index (χ2v) is 9.12. The number of aromatic nitrogens is 3. The first-order valence-electron chi connectivity index (χ1n) is 12.6. The van der Waals surface area contributed by atoms with Gasteiger partial charge in [-0.05, 0) is 54.3 Å². The van der Waals surface area contributed by atoms with Gasteiger partial charge in [-0.25, -0.2) is 0 Å². The lowest BCUT2D eigenvalue weighted by Gasteiger charge is -2.17. The minimum atomic E-state index is -0.474. The van der Waals surface area contributed by atoms with E-state index in [9.17, 15) is 14.4 Å². The highest BCUT2D eigenvalue weighted by molar-refractivity contribution is 6.08. The van der Waals surface area contributed by atoms with Crippen molar-refractivity contribution in [2.75, 3.05) is 30.1 Å². The molecule has 0 aliphatic heterocycles. The molecule has 3 amide bonds. The van der Waals surface area contributed by atoms with Gasteiger partial charge in [0, 0.05) is 37.1 Å². The summed E-state index contributed by atoms with van der Waals surface area (Å²) in [5, 5.41) is 19.3. The fraction of sp³-hybridized carbons (Fsp3) is 0.172. The predicted molar refractivity (Wildman–Crippen MR) is 151 cm³/mol. The van der Waals surface area contributed by atoms with E-state index in [4.69, 9.17) is 4.74 Å². The third-order valence-electron chi connectivity index (χ3n) is 6.31. The Labute approximate surface area is 230 Å². The topological polar surface area (TPSA) is 147 Å². The lowest BCUT2D eigenvalue weighted by molar-refractivity contribution is -0.117. The molecular formula is C29H27N7O4. The Morgan fingerprint density at radius 3 is 2.35 bits per heavy atom. The highest BCUT2D eigenvalue weighted by Crippen LogP contribution is 2.34. The smallest absolute Gasteiger partial charge is 0.273 e. The first-order valence-corrected chi connectivity index (χ1v) is 12.6. The van der Waals surface area contributed by atoms with Gasteiger partial charge in [0.2, 0.25) is 5.91 Å². The Balaban J connectivity index is 1.39. The van der Waals surface area contributed by atoms with Gasteiger partial charge in [-0.2, -0.15) is 0 Å². The zero-order valence-electron chi connectivity index (χ0n) is 21.9. The molecule has 1 aliphatic rings. The highest BCUT2D eigenvalue weighted by atomic mass is 16.5. The van der Waals surface area contributed by atoms with Gasteiger partial charge in [0.15, 0.2) is 17.3 Å². The molecule has 2 aromatic carbocycles. The van der Waals surface area contributed by atoms with Gasteiger partial charge in [-0.1, -0.05) is 24.3 Å². The fourth-order valence-electron chi connectivity index (χ4n) is 4.07. The molecule has 0 radical (unpaired) electrons. The van der Waals surface area contributed by atoms with Crippen molar-refractivity contribution in [2.24, 2.45) is 5.92 Å². The van der Waals surface area contributed by atoms with Crippen LogP contribution in [0.3, 0.4) is 0 Å². The standard InChI is InChI=1S/C29H27N7O4/c1-30-29(39)25-23(15-24(35-36-25)34-27(37)18-8-9-18)33-22-7-3-6-21(26(22)40-2)28(38)32-20-12-10-17(11-13-20)19-5-4-14-31-16-19/h3-7,10-16,18H,8-9H2,1-2H3,(H,30,39)(H,32,38)(H2,33,34,35,37). The molecule has 0 unspecified atom stereocenters. The Kier molecular flexibility index (Phi) is 7.63. The zero-order chi connectivity index (χ0) is 28.1. The average Bonchev–Trinajstić information content (AvgIpc) is 3.84. The number of hydrogen-bond acceptors (Lipinski definition) is 8. The van der Waals surface area contributed by atoms with Crippen LogP contribution in [0.2, 0.25) is 0 Å². The van der Waals surface area contributed by atoms with Crippen LogP contribution in [0.25, 0.3) is 11.1 Å². The van der Waals surface area contributed by atoms with E-state index in [0.29, 0.717) is 11.4 Å². The van der Waals surface area contributed by atoms with Crippen LogP contribution in [0.5, 0.6) is 5.75 Å². The van der Waals surface area contributed by atoms with Gasteiger partial charge in [-0.3, -0.25) is 19.4 Å². The van der Waals surface area contributed by atoms with Crippen LogP contribution in [-0.4, -0.2) is 47.1 Å². The molecule has 5 rings (SSSR count). The molecular weight excluding hydrogens is 510 g/mol. The molecule has 2 heterocycles. The zero-order valence-corrected chi connectivity index (χ0v) is 21.9. The van der Waals surface area contributed by atoms with E-state index < -0.39 is 5.91 Å². The summed E-state index contributed by atoms with van der Waals surface area (Å²) in [5.74, 6) is -0.565. The Morgan fingerprint density at radius 2 is 1.68 bits per heavy atom. The van der Waals surface area contributed by atoms with Gasteiger partial charge in [-0.15, -0.1) is 10.2 Å². The third-order valence-corrected chi connectivity index (χ3v) is 6.31. The number of para-hydroxylation sites is 1. The second-order valence-electron chi connectivity index (χ2n) is 9.12. The molecule has 40 heavy (non-hydrogen) atoms. The van der Waals surface area contributed by atoms with Crippen LogP contribution >= 0.6 is 0 Å². The minimum Gasteiger partial charge on any atom is -0.494 e. The molecule has 11 nitrogen and oxygen atoms in total. The fourth-order valence-corrected chi connectivity index (χ4v) is 4.07. The number of nitrogens with zero attached hydrogens (tertiary/aromatic N) is 3. The van der Waals surface area contributed by atoms with E-state index in [1.54, 1.807) is 30.6 Å². The average molecular weight is 538 g/mol.